The summed E-state index contributed by atoms with van der Waals surface area (Å²) in [7, 11) is 0. The van der Waals surface area contributed by atoms with Gasteiger partial charge in [-0.1, -0.05) is 75.8 Å². The maximum Gasteiger partial charge on any atom is 0.302 e. The van der Waals surface area contributed by atoms with Crippen LogP contribution in [0, 0.1) is 0 Å². The normalized spacial score (nSPS) is 11.0. The summed E-state index contributed by atoms with van der Waals surface area (Å²) >= 11 is 0. The Hall–Kier alpha value is -1.57. The number of aryl methyl sites for hydroxylation is 1. The fourth-order valence-corrected chi connectivity index (χ4v) is 2.43. The average molecular weight is 302 g/mol. The second-order valence-corrected chi connectivity index (χ2v) is 5.82. The van der Waals surface area contributed by atoms with Crippen LogP contribution in [0.4, 0.5) is 0 Å². The van der Waals surface area contributed by atoms with Crippen LogP contribution in [-0.2, 0) is 16.0 Å². The number of hydrogen-bond acceptors (Lipinski definition) is 2. The van der Waals surface area contributed by atoms with Crippen LogP contribution < -0.4 is 0 Å². The molecule has 1 aromatic rings. The van der Waals surface area contributed by atoms with E-state index in [2.05, 4.69) is 31.2 Å². The Morgan fingerprint density at radius 3 is 2.27 bits per heavy atom. The number of carbonyl (C=O) groups excluding carboxylic acids is 1. The third kappa shape index (κ3) is 9.38. The molecule has 0 atom stereocenters. The molecule has 0 amide bonds. The molecule has 2 heteroatoms. The second kappa shape index (κ2) is 12.0. The molecule has 0 aliphatic rings. The lowest BCUT2D eigenvalue weighted by atomic mass is 10.0. The van der Waals surface area contributed by atoms with Gasteiger partial charge in [-0.2, -0.15) is 0 Å². The predicted molar refractivity (Wildman–Crippen MR) is 93.8 cm³/mol. The molecule has 2 nitrogen and oxygen atoms in total. The van der Waals surface area contributed by atoms with E-state index in [1.54, 1.807) is 0 Å². The van der Waals surface area contributed by atoms with Crippen molar-refractivity contribution < 1.29 is 9.53 Å². The second-order valence-electron chi connectivity index (χ2n) is 5.82. The number of rotatable bonds is 11. The van der Waals surface area contributed by atoms with E-state index in [-0.39, 0.29) is 5.97 Å². The van der Waals surface area contributed by atoms with Gasteiger partial charge in [-0.05, 0) is 30.0 Å². The number of unbranched alkanes of at least 4 members (excludes halogenated alkanes) is 6. The highest BCUT2D eigenvalue weighted by Crippen LogP contribution is 2.12. The molecule has 0 aromatic heterocycles. The van der Waals surface area contributed by atoms with Crippen LogP contribution in [0.1, 0.15) is 69.9 Å². The molecular weight excluding hydrogens is 272 g/mol. The van der Waals surface area contributed by atoms with Gasteiger partial charge in [-0.3, -0.25) is 4.79 Å². The largest absolute Gasteiger partial charge is 0.462 e. The Kier molecular flexibility index (Phi) is 10.1. The van der Waals surface area contributed by atoms with Gasteiger partial charge >= 0.3 is 5.97 Å². The third-order valence-corrected chi connectivity index (χ3v) is 3.74. The zero-order chi connectivity index (χ0) is 16.0. The monoisotopic (exact) mass is 302 g/mol. The molecule has 0 bridgehead atoms. The van der Waals surface area contributed by atoms with Gasteiger partial charge in [-0.25, -0.2) is 0 Å². The highest BCUT2D eigenvalue weighted by molar-refractivity contribution is 5.66. The van der Waals surface area contributed by atoms with Gasteiger partial charge in [-0.15, -0.1) is 0 Å². The summed E-state index contributed by atoms with van der Waals surface area (Å²) in [6.45, 7) is 4.02. The standard InChI is InChI=1S/C20H30O2/c1-3-4-5-6-7-8-9-11-19-13-15-20(16-14-19)12-10-17-22-18(2)21/h10,12-16H,3-9,11,17H2,1-2H3. The first kappa shape index (κ1) is 18.5. The van der Waals surface area contributed by atoms with Crippen LogP contribution in [0.15, 0.2) is 30.3 Å². The molecule has 22 heavy (non-hydrogen) atoms. The highest BCUT2D eigenvalue weighted by Gasteiger charge is 1.95. The van der Waals surface area contributed by atoms with E-state index in [0.29, 0.717) is 6.61 Å². The van der Waals surface area contributed by atoms with E-state index >= 15 is 0 Å². The van der Waals surface area contributed by atoms with Crippen molar-refractivity contribution >= 4 is 12.0 Å². The summed E-state index contributed by atoms with van der Waals surface area (Å²) in [5.74, 6) is -0.241. The van der Waals surface area contributed by atoms with Gasteiger partial charge in [0.15, 0.2) is 0 Å². The van der Waals surface area contributed by atoms with Crippen molar-refractivity contribution in [3.8, 4) is 0 Å². The summed E-state index contributed by atoms with van der Waals surface area (Å²) < 4.78 is 4.86. The summed E-state index contributed by atoms with van der Waals surface area (Å²) in [6, 6.07) is 8.65. The zero-order valence-electron chi connectivity index (χ0n) is 14.1. The van der Waals surface area contributed by atoms with E-state index in [1.807, 2.05) is 12.2 Å². The molecule has 0 saturated heterocycles. The molecule has 0 saturated carbocycles. The van der Waals surface area contributed by atoms with E-state index in [4.69, 9.17) is 4.74 Å². The molecule has 0 fully saturated rings. The third-order valence-electron chi connectivity index (χ3n) is 3.74. The molecule has 0 radical (unpaired) electrons. The zero-order valence-corrected chi connectivity index (χ0v) is 14.1. The maximum atomic E-state index is 10.6. The molecule has 0 N–H and O–H groups in total. The van der Waals surface area contributed by atoms with E-state index < -0.39 is 0 Å². The fourth-order valence-electron chi connectivity index (χ4n) is 2.43. The lowest BCUT2D eigenvalue weighted by molar-refractivity contribution is -0.139. The lowest BCUT2D eigenvalue weighted by Crippen LogP contribution is -1.97. The lowest BCUT2D eigenvalue weighted by Gasteiger charge is -2.03. The van der Waals surface area contributed by atoms with Crippen LogP contribution >= 0.6 is 0 Å². The van der Waals surface area contributed by atoms with Gasteiger partial charge in [0.1, 0.15) is 6.61 Å². The first-order valence-electron chi connectivity index (χ1n) is 8.61. The first-order chi connectivity index (χ1) is 10.7. The average Bonchev–Trinajstić information content (AvgIpc) is 2.52. The molecular formula is C20H30O2. The van der Waals surface area contributed by atoms with Crippen molar-refractivity contribution in [1.82, 2.24) is 0 Å². The minimum Gasteiger partial charge on any atom is -0.462 e. The molecule has 0 aliphatic heterocycles. The van der Waals surface area contributed by atoms with Gasteiger partial charge in [0.2, 0.25) is 0 Å². The van der Waals surface area contributed by atoms with Crippen LogP contribution in [0.3, 0.4) is 0 Å². The van der Waals surface area contributed by atoms with E-state index in [0.717, 1.165) is 5.56 Å². The quantitative estimate of drug-likeness (QED) is 0.395. The Morgan fingerprint density at radius 1 is 1.00 bits per heavy atom. The van der Waals surface area contributed by atoms with Crippen LogP contribution in [0.2, 0.25) is 0 Å². The SMILES string of the molecule is CCCCCCCCCc1ccc(C=CCOC(C)=O)cc1. The molecule has 1 rings (SSSR count). The number of carbonyl (C=O) groups is 1. The van der Waals surface area contributed by atoms with Gasteiger partial charge in [0.05, 0.1) is 0 Å². The van der Waals surface area contributed by atoms with Crippen molar-refractivity contribution in [2.75, 3.05) is 6.61 Å². The Balaban J connectivity index is 2.17. The predicted octanol–water partition coefficient (Wildman–Crippen LogP) is 5.56. The van der Waals surface area contributed by atoms with Gasteiger partial charge < -0.3 is 4.74 Å². The van der Waals surface area contributed by atoms with Crippen molar-refractivity contribution in [3.05, 3.63) is 41.5 Å². The van der Waals surface area contributed by atoms with Crippen LogP contribution in [0.5, 0.6) is 0 Å². The Morgan fingerprint density at radius 2 is 1.64 bits per heavy atom. The summed E-state index contributed by atoms with van der Waals surface area (Å²) in [4.78, 5) is 10.6. The highest BCUT2D eigenvalue weighted by atomic mass is 16.5. The number of ether oxygens (including phenoxy) is 1. The minimum atomic E-state index is -0.241. The molecule has 0 aliphatic carbocycles. The summed E-state index contributed by atoms with van der Waals surface area (Å²) in [5.41, 5.74) is 2.56. The van der Waals surface area contributed by atoms with E-state index in [9.17, 15) is 4.79 Å². The minimum absolute atomic E-state index is 0.241. The summed E-state index contributed by atoms with van der Waals surface area (Å²) in [6.07, 6.45) is 14.5. The van der Waals surface area contributed by atoms with Crippen molar-refractivity contribution in [1.29, 1.82) is 0 Å². The van der Waals surface area contributed by atoms with Crippen LogP contribution in [0.25, 0.3) is 6.08 Å². The number of esters is 1. The summed E-state index contributed by atoms with van der Waals surface area (Å²) in [5, 5.41) is 0. The van der Waals surface area contributed by atoms with Gasteiger partial charge in [0, 0.05) is 6.92 Å². The molecule has 0 heterocycles. The van der Waals surface area contributed by atoms with Crippen molar-refractivity contribution in [3.63, 3.8) is 0 Å². The first-order valence-corrected chi connectivity index (χ1v) is 8.61. The number of hydrogen-bond donors (Lipinski definition) is 0. The fraction of sp³-hybridized carbons (Fsp3) is 0.550. The number of benzene rings is 1. The molecule has 122 valence electrons. The van der Waals surface area contributed by atoms with Gasteiger partial charge in [0.25, 0.3) is 0 Å². The maximum absolute atomic E-state index is 10.6. The smallest absolute Gasteiger partial charge is 0.302 e. The molecule has 0 unspecified atom stereocenters. The molecule has 1 aromatic carbocycles. The van der Waals surface area contributed by atoms with Crippen molar-refractivity contribution in [2.24, 2.45) is 0 Å². The van der Waals surface area contributed by atoms with Crippen molar-refractivity contribution in [2.45, 2.75) is 65.2 Å². The topological polar surface area (TPSA) is 26.3 Å². The van der Waals surface area contributed by atoms with E-state index in [1.165, 1.54) is 63.9 Å². The Bertz CT molecular complexity index is 432. The Labute approximate surface area is 135 Å². The molecule has 0 spiro atoms. The van der Waals surface area contributed by atoms with Crippen LogP contribution in [-0.4, -0.2) is 12.6 Å².